The van der Waals surface area contributed by atoms with Crippen molar-refractivity contribution in [2.45, 2.75) is 78.0 Å². The number of aryl methyl sites for hydroxylation is 1. The number of hydrogen-bond acceptors (Lipinski definition) is 6. The molecule has 0 bridgehead atoms. The van der Waals surface area contributed by atoms with Crippen molar-refractivity contribution in [1.82, 2.24) is 25.2 Å². The third-order valence-corrected chi connectivity index (χ3v) is 7.20. The lowest BCUT2D eigenvalue weighted by molar-refractivity contribution is 0.519. The van der Waals surface area contributed by atoms with Crippen LogP contribution in [0, 0.1) is 0 Å². The molecule has 0 aliphatic heterocycles. The van der Waals surface area contributed by atoms with Gasteiger partial charge in [-0.3, -0.25) is 9.88 Å². The fourth-order valence-electron chi connectivity index (χ4n) is 4.83. The zero-order valence-electron chi connectivity index (χ0n) is 24.4. The lowest BCUT2D eigenvalue weighted by Gasteiger charge is -2.21. The summed E-state index contributed by atoms with van der Waals surface area (Å²) in [6, 6.07) is 17.0. The average Bonchev–Trinajstić information content (AvgIpc) is 3.33. The van der Waals surface area contributed by atoms with Crippen LogP contribution >= 0.6 is 0 Å². The molecule has 4 rings (SSSR count). The summed E-state index contributed by atoms with van der Waals surface area (Å²) >= 11 is 0. The number of H-pyrrole nitrogens is 1. The van der Waals surface area contributed by atoms with E-state index in [0.717, 1.165) is 60.4 Å². The van der Waals surface area contributed by atoms with Crippen LogP contribution in [-0.2, 0) is 18.4 Å². The van der Waals surface area contributed by atoms with Crippen molar-refractivity contribution in [2.75, 3.05) is 13.1 Å². The Morgan fingerprint density at radius 3 is 2.45 bits per heavy atom. The van der Waals surface area contributed by atoms with Gasteiger partial charge in [-0.05, 0) is 90.4 Å². The van der Waals surface area contributed by atoms with Gasteiger partial charge in [-0.25, -0.2) is 4.79 Å². The topological polar surface area (TPSA) is 127 Å². The minimum Gasteiger partial charge on any atom is -0.339 e. The Morgan fingerprint density at radius 2 is 1.75 bits per heavy atom. The molecule has 0 saturated carbocycles. The number of nitrogens with one attached hydrogen (secondary N) is 3. The van der Waals surface area contributed by atoms with Gasteiger partial charge in [-0.1, -0.05) is 58.7 Å². The number of hydrogen-bond donors (Lipinski definition) is 5. The Morgan fingerprint density at radius 1 is 0.975 bits per heavy atom. The van der Waals surface area contributed by atoms with E-state index in [1.54, 1.807) is 4.57 Å². The van der Waals surface area contributed by atoms with Crippen LogP contribution in [0.2, 0.25) is 0 Å². The normalized spacial score (nSPS) is 12.1. The number of nitrogens with two attached hydrogens (primary N) is 2. The molecule has 2 heterocycles. The first-order chi connectivity index (χ1) is 19.1. The van der Waals surface area contributed by atoms with Gasteiger partial charge in [0.25, 0.3) is 0 Å². The van der Waals surface area contributed by atoms with E-state index < -0.39 is 6.29 Å². The second-order valence-electron chi connectivity index (χ2n) is 11.7. The summed E-state index contributed by atoms with van der Waals surface area (Å²) < 4.78 is 1.61. The Kier molecular flexibility index (Phi) is 9.92. The van der Waals surface area contributed by atoms with Crippen molar-refractivity contribution >= 4 is 11.0 Å². The van der Waals surface area contributed by atoms with Gasteiger partial charge < -0.3 is 21.8 Å². The highest BCUT2D eigenvalue weighted by Crippen LogP contribution is 2.31. The van der Waals surface area contributed by atoms with Gasteiger partial charge in [0.2, 0.25) is 0 Å². The zero-order chi connectivity index (χ0) is 28.7. The summed E-state index contributed by atoms with van der Waals surface area (Å²) in [5, 5.41) is 7.31. The van der Waals surface area contributed by atoms with Crippen molar-refractivity contribution in [3.8, 4) is 16.9 Å². The van der Waals surface area contributed by atoms with E-state index in [2.05, 4.69) is 72.6 Å². The largest absolute Gasteiger partial charge is 0.354 e. The van der Waals surface area contributed by atoms with Crippen LogP contribution in [0.3, 0.4) is 0 Å². The fraction of sp³-hybridized carbons (Fsp3) is 0.438. The minimum absolute atomic E-state index is 0.0441. The summed E-state index contributed by atoms with van der Waals surface area (Å²) in [5.41, 5.74) is 18.0. The predicted octanol–water partition coefficient (Wildman–Crippen LogP) is 4.68. The minimum atomic E-state index is -0.477. The molecular weight excluding hydrogens is 498 g/mol. The second kappa shape index (κ2) is 13.4. The van der Waals surface area contributed by atoms with E-state index in [1.807, 2.05) is 30.5 Å². The van der Waals surface area contributed by atoms with Crippen LogP contribution in [0.15, 0.2) is 59.5 Å². The van der Waals surface area contributed by atoms with Crippen molar-refractivity contribution in [2.24, 2.45) is 11.5 Å². The fourth-order valence-corrected chi connectivity index (χ4v) is 4.83. The third kappa shape index (κ3) is 7.88. The van der Waals surface area contributed by atoms with Gasteiger partial charge in [0.1, 0.15) is 11.9 Å². The van der Waals surface area contributed by atoms with Gasteiger partial charge in [0, 0.05) is 23.8 Å². The monoisotopic (exact) mass is 543 g/mol. The molecule has 214 valence electrons. The molecule has 0 saturated heterocycles. The molecular formula is C32H45N7O. The predicted molar refractivity (Wildman–Crippen MR) is 166 cm³/mol. The van der Waals surface area contributed by atoms with Crippen LogP contribution in [0.5, 0.6) is 0 Å². The van der Waals surface area contributed by atoms with Crippen LogP contribution in [0.25, 0.3) is 28.0 Å². The van der Waals surface area contributed by atoms with E-state index in [0.29, 0.717) is 5.65 Å². The number of unbranched alkanes of at least 4 members (excludes halogenated alkanes) is 2. The summed E-state index contributed by atoms with van der Waals surface area (Å²) in [5.74, 6) is 0. The Balaban J connectivity index is 1.53. The van der Waals surface area contributed by atoms with Crippen molar-refractivity contribution < 1.29 is 0 Å². The number of benzene rings is 2. The van der Waals surface area contributed by atoms with Gasteiger partial charge in [-0.15, -0.1) is 0 Å². The first-order valence-corrected chi connectivity index (χ1v) is 14.5. The second-order valence-corrected chi connectivity index (χ2v) is 11.7. The van der Waals surface area contributed by atoms with Gasteiger partial charge in [0.05, 0.1) is 5.69 Å². The van der Waals surface area contributed by atoms with Gasteiger partial charge in [-0.2, -0.15) is 4.98 Å². The highest BCUT2D eigenvalue weighted by molar-refractivity contribution is 5.82. The molecule has 0 fully saturated rings. The smallest absolute Gasteiger partial charge is 0.339 e. The number of aromatic amines is 1. The number of rotatable bonds is 13. The molecule has 0 aliphatic rings. The van der Waals surface area contributed by atoms with Crippen LogP contribution in [-0.4, -0.2) is 33.9 Å². The quantitative estimate of drug-likeness (QED) is 0.123. The maximum Gasteiger partial charge on any atom is 0.354 e. The summed E-state index contributed by atoms with van der Waals surface area (Å²) in [6.45, 7) is 11.4. The van der Waals surface area contributed by atoms with Crippen LogP contribution < -0.4 is 27.8 Å². The van der Waals surface area contributed by atoms with E-state index >= 15 is 0 Å². The SMILES string of the molecule is CCCCCc1cc(-c2cc3cn(-c4ccc(CNCCCNC(N)N)cc4)c(=O)nc3[nH]2)cc(C(C)(C)C)c1. The molecule has 0 aliphatic carbocycles. The molecule has 0 unspecified atom stereocenters. The van der Waals surface area contributed by atoms with Gasteiger partial charge in [0.15, 0.2) is 0 Å². The molecule has 0 amide bonds. The Labute approximate surface area is 237 Å². The standard InChI is InChI=1S/C32H45N7O/c1-5-6-7-9-23-16-24(18-26(17-23)32(2,3)4)28-19-25-21-39(31(40)38-29(25)37-28)27-12-10-22(11-13-27)20-35-14-8-15-36-30(33)34/h10-13,16-19,21,30,35-36H,5-9,14-15,20,33-34H2,1-4H3,(H,37,38,40). The van der Waals surface area contributed by atoms with Crippen molar-refractivity contribution in [3.05, 3.63) is 81.9 Å². The first kappa shape index (κ1) is 29.7. The zero-order valence-corrected chi connectivity index (χ0v) is 24.4. The summed E-state index contributed by atoms with van der Waals surface area (Å²) in [6.07, 6.45) is 7.03. The van der Waals surface area contributed by atoms with E-state index in [1.165, 1.54) is 30.4 Å². The van der Waals surface area contributed by atoms with Crippen molar-refractivity contribution in [3.63, 3.8) is 0 Å². The van der Waals surface area contributed by atoms with E-state index in [4.69, 9.17) is 11.5 Å². The maximum atomic E-state index is 13.0. The number of aromatic nitrogens is 3. The molecule has 0 atom stereocenters. The molecule has 40 heavy (non-hydrogen) atoms. The third-order valence-electron chi connectivity index (χ3n) is 7.20. The highest BCUT2D eigenvalue weighted by Gasteiger charge is 2.17. The Bertz CT molecular complexity index is 1450. The maximum absolute atomic E-state index is 13.0. The molecule has 8 nitrogen and oxygen atoms in total. The average molecular weight is 544 g/mol. The van der Waals surface area contributed by atoms with Crippen LogP contribution in [0.1, 0.15) is 70.1 Å². The van der Waals surface area contributed by atoms with Gasteiger partial charge >= 0.3 is 5.69 Å². The number of fused-ring (bicyclic) bond motifs is 1. The Hall–Kier alpha value is -3.30. The molecule has 7 N–H and O–H groups in total. The molecule has 2 aromatic carbocycles. The van der Waals surface area contributed by atoms with Crippen molar-refractivity contribution in [1.29, 1.82) is 0 Å². The molecule has 8 heteroatoms. The lowest BCUT2D eigenvalue weighted by Crippen LogP contribution is -2.45. The molecule has 0 spiro atoms. The van der Waals surface area contributed by atoms with Crippen LogP contribution in [0.4, 0.5) is 0 Å². The first-order valence-electron chi connectivity index (χ1n) is 14.5. The highest BCUT2D eigenvalue weighted by atomic mass is 16.1. The summed E-state index contributed by atoms with van der Waals surface area (Å²) in [7, 11) is 0. The van der Waals surface area contributed by atoms with E-state index in [-0.39, 0.29) is 11.1 Å². The molecule has 2 aromatic heterocycles. The summed E-state index contributed by atoms with van der Waals surface area (Å²) in [4.78, 5) is 20.8. The molecule has 0 radical (unpaired) electrons. The van der Waals surface area contributed by atoms with E-state index in [9.17, 15) is 4.79 Å². The lowest BCUT2D eigenvalue weighted by atomic mass is 9.84. The number of nitrogens with zero attached hydrogens (tertiary/aromatic N) is 2. The molecule has 4 aromatic rings.